The van der Waals surface area contributed by atoms with E-state index >= 15 is 0 Å². The van der Waals surface area contributed by atoms with E-state index in [2.05, 4.69) is 5.32 Å². The van der Waals surface area contributed by atoms with Crippen LogP contribution in [-0.4, -0.2) is 36.9 Å². The zero-order valence-corrected chi connectivity index (χ0v) is 21.1. The van der Waals surface area contributed by atoms with Crippen LogP contribution in [0.15, 0.2) is 72.8 Å². The molecule has 3 aromatic carbocycles. The lowest BCUT2D eigenvalue weighted by atomic mass is 9.94. The van der Waals surface area contributed by atoms with Gasteiger partial charge in [-0.3, -0.25) is 9.59 Å². The van der Waals surface area contributed by atoms with E-state index in [0.29, 0.717) is 18.7 Å². The lowest BCUT2D eigenvalue weighted by Gasteiger charge is -2.32. The summed E-state index contributed by atoms with van der Waals surface area (Å²) in [5, 5.41) is 2.86. The Morgan fingerprint density at radius 2 is 1.66 bits per heavy atom. The number of hydrogen-bond donors (Lipinski definition) is 1. The van der Waals surface area contributed by atoms with Crippen molar-refractivity contribution < 1.29 is 14.0 Å². The number of hydrogen-bond acceptors (Lipinski definition) is 3. The Labute approximate surface area is 207 Å². The molecule has 3 rings (SSSR count). The molecule has 0 heterocycles. The Kier molecular flexibility index (Phi) is 8.63. The molecule has 6 heteroatoms. The fourth-order valence-corrected chi connectivity index (χ4v) is 4.20. The second-order valence-electron chi connectivity index (χ2n) is 9.13. The number of rotatable bonds is 9. The van der Waals surface area contributed by atoms with E-state index in [9.17, 15) is 14.0 Å². The number of carbonyl (C=O) groups is 2. The highest BCUT2D eigenvalue weighted by molar-refractivity contribution is 6.04. The molecule has 0 bridgehead atoms. The van der Waals surface area contributed by atoms with Crippen LogP contribution in [0.5, 0.6) is 0 Å². The van der Waals surface area contributed by atoms with Gasteiger partial charge >= 0.3 is 0 Å². The lowest BCUT2D eigenvalue weighted by Crippen LogP contribution is -2.39. The molecule has 2 amide bonds. The Morgan fingerprint density at radius 1 is 0.943 bits per heavy atom. The predicted octanol–water partition coefficient (Wildman–Crippen LogP) is 6.07. The molecule has 0 aliphatic carbocycles. The van der Waals surface area contributed by atoms with Gasteiger partial charge in [-0.15, -0.1) is 0 Å². The maximum absolute atomic E-state index is 13.7. The summed E-state index contributed by atoms with van der Waals surface area (Å²) in [6.45, 7) is 6.46. The number of nitrogens with zero attached hydrogens (tertiary/aromatic N) is 2. The van der Waals surface area contributed by atoms with E-state index in [4.69, 9.17) is 0 Å². The summed E-state index contributed by atoms with van der Waals surface area (Å²) in [6, 6.07) is 21.1. The van der Waals surface area contributed by atoms with Crippen LogP contribution in [0.4, 0.5) is 15.8 Å². The first-order valence-electron chi connectivity index (χ1n) is 11.9. The van der Waals surface area contributed by atoms with Crippen molar-refractivity contribution in [2.45, 2.75) is 45.7 Å². The summed E-state index contributed by atoms with van der Waals surface area (Å²) in [4.78, 5) is 30.2. The van der Waals surface area contributed by atoms with Gasteiger partial charge in [0.1, 0.15) is 5.82 Å². The SMILES string of the molecule is CCC(C(=O)N(Cc1cc(NC(=O)c2cccc(F)c2)ccc1N(C)C)C(C)C)c1ccccc1. The van der Waals surface area contributed by atoms with E-state index < -0.39 is 5.82 Å². The summed E-state index contributed by atoms with van der Waals surface area (Å²) >= 11 is 0. The average Bonchev–Trinajstić information content (AvgIpc) is 2.83. The molecule has 0 aliphatic rings. The van der Waals surface area contributed by atoms with Crippen LogP contribution in [0.25, 0.3) is 0 Å². The maximum Gasteiger partial charge on any atom is 0.255 e. The molecule has 0 saturated carbocycles. The van der Waals surface area contributed by atoms with Crippen LogP contribution in [0.1, 0.15) is 54.6 Å². The topological polar surface area (TPSA) is 52.7 Å². The van der Waals surface area contributed by atoms with E-state index in [1.807, 2.05) is 93.2 Å². The molecule has 184 valence electrons. The van der Waals surface area contributed by atoms with Crippen LogP contribution in [0, 0.1) is 5.82 Å². The number of benzene rings is 3. The molecule has 0 aromatic heterocycles. The molecule has 1 N–H and O–H groups in total. The number of amides is 2. The first kappa shape index (κ1) is 25.9. The van der Waals surface area contributed by atoms with Gasteiger partial charge in [0.2, 0.25) is 5.91 Å². The minimum atomic E-state index is -0.462. The highest BCUT2D eigenvalue weighted by Crippen LogP contribution is 2.29. The molecule has 0 spiro atoms. The summed E-state index contributed by atoms with van der Waals surface area (Å²) in [5.74, 6) is -0.999. The van der Waals surface area contributed by atoms with Gasteiger partial charge in [0.15, 0.2) is 0 Å². The zero-order chi connectivity index (χ0) is 25.5. The van der Waals surface area contributed by atoms with Crippen molar-refractivity contribution in [3.63, 3.8) is 0 Å². The average molecular weight is 476 g/mol. The van der Waals surface area contributed by atoms with Crippen molar-refractivity contribution in [1.82, 2.24) is 4.90 Å². The fraction of sp³-hybridized carbons (Fsp3) is 0.310. The van der Waals surface area contributed by atoms with E-state index in [1.54, 1.807) is 6.07 Å². The predicted molar refractivity (Wildman–Crippen MR) is 140 cm³/mol. The zero-order valence-electron chi connectivity index (χ0n) is 21.1. The number of nitrogens with one attached hydrogen (secondary N) is 1. The van der Waals surface area contributed by atoms with Crippen molar-refractivity contribution in [2.75, 3.05) is 24.3 Å². The van der Waals surface area contributed by atoms with Crippen molar-refractivity contribution in [3.8, 4) is 0 Å². The third-order valence-electron chi connectivity index (χ3n) is 6.06. The molecule has 0 radical (unpaired) electrons. The van der Waals surface area contributed by atoms with Crippen molar-refractivity contribution in [3.05, 3.63) is 95.3 Å². The lowest BCUT2D eigenvalue weighted by molar-refractivity contribution is -0.135. The van der Waals surface area contributed by atoms with Gasteiger partial charge in [-0.1, -0.05) is 43.3 Å². The second kappa shape index (κ2) is 11.6. The molecule has 3 aromatic rings. The normalized spacial score (nSPS) is 11.7. The van der Waals surface area contributed by atoms with Crippen molar-refractivity contribution >= 4 is 23.2 Å². The number of carbonyl (C=O) groups excluding carboxylic acids is 2. The van der Waals surface area contributed by atoms with Crippen LogP contribution in [-0.2, 0) is 11.3 Å². The van der Waals surface area contributed by atoms with Gasteiger partial charge in [0.25, 0.3) is 5.91 Å². The Balaban J connectivity index is 1.90. The van der Waals surface area contributed by atoms with Gasteiger partial charge < -0.3 is 15.1 Å². The van der Waals surface area contributed by atoms with Gasteiger partial charge in [-0.2, -0.15) is 0 Å². The molecular formula is C29H34FN3O2. The standard InChI is InChI=1S/C29H34FN3O2/c1-6-26(21-11-8-7-9-12-21)29(35)33(20(2)3)19-23-18-25(15-16-27(23)32(4)5)31-28(34)22-13-10-14-24(30)17-22/h7-18,20,26H,6,19H2,1-5H3,(H,31,34). The van der Waals surface area contributed by atoms with Crippen LogP contribution in [0.2, 0.25) is 0 Å². The van der Waals surface area contributed by atoms with E-state index in [1.165, 1.54) is 18.2 Å². The first-order valence-corrected chi connectivity index (χ1v) is 11.9. The summed E-state index contributed by atoms with van der Waals surface area (Å²) in [5.41, 5.74) is 3.72. The van der Waals surface area contributed by atoms with Crippen LogP contribution < -0.4 is 10.2 Å². The van der Waals surface area contributed by atoms with Gasteiger partial charge in [0, 0.05) is 43.6 Å². The smallest absolute Gasteiger partial charge is 0.255 e. The highest BCUT2D eigenvalue weighted by atomic mass is 19.1. The molecule has 35 heavy (non-hydrogen) atoms. The Morgan fingerprint density at radius 3 is 2.26 bits per heavy atom. The Bertz CT molecular complexity index is 1160. The Hall–Kier alpha value is -3.67. The van der Waals surface area contributed by atoms with Crippen LogP contribution >= 0.6 is 0 Å². The summed E-state index contributed by atoms with van der Waals surface area (Å²) < 4.78 is 13.6. The molecule has 0 saturated heterocycles. The molecule has 0 aliphatic heterocycles. The first-order chi connectivity index (χ1) is 16.7. The van der Waals surface area contributed by atoms with Gasteiger partial charge in [0.05, 0.1) is 5.92 Å². The van der Waals surface area contributed by atoms with E-state index in [0.717, 1.165) is 16.8 Å². The van der Waals surface area contributed by atoms with Crippen molar-refractivity contribution in [2.24, 2.45) is 0 Å². The molecule has 0 fully saturated rings. The minimum Gasteiger partial charge on any atom is -0.377 e. The second-order valence-corrected chi connectivity index (χ2v) is 9.13. The molecule has 5 nitrogen and oxygen atoms in total. The van der Waals surface area contributed by atoms with E-state index in [-0.39, 0.29) is 29.3 Å². The molecule has 1 atom stereocenters. The van der Waals surface area contributed by atoms with Crippen LogP contribution in [0.3, 0.4) is 0 Å². The summed E-state index contributed by atoms with van der Waals surface area (Å²) in [7, 11) is 3.90. The molecular weight excluding hydrogens is 441 g/mol. The summed E-state index contributed by atoms with van der Waals surface area (Å²) in [6.07, 6.45) is 0.705. The van der Waals surface area contributed by atoms with Crippen molar-refractivity contribution in [1.29, 1.82) is 0 Å². The largest absolute Gasteiger partial charge is 0.377 e. The number of halogens is 1. The third-order valence-corrected chi connectivity index (χ3v) is 6.06. The highest BCUT2D eigenvalue weighted by Gasteiger charge is 2.27. The number of anilines is 2. The monoisotopic (exact) mass is 475 g/mol. The maximum atomic E-state index is 13.7. The van der Waals surface area contributed by atoms with Gasteiger partial charge in [-0.25, -0.2) is 4.39 Å². The van der Waals surface area contributed by atoms with Gasteiger partial charge in [-0.05, 0) is 67.8 Å². The minimum absolute atomic E-state index is 0.0131. The fourth-order valence-electron chi connectivity index (χ4n) is 4.20. The third kappa shape index (κ3) is 6.47. The quantitative estimate of drug-likeness (QED) is 0.408. The molecule has 1 unspecified atom stereocenters.